The number of halogens is 2. The molecule has 3 nitrogen and oxygen atoms in total. The van der Waals surface area contributed by atoms with Gasteiger partial charge in [0, 0.05) is 4.47 Å². The van der Waals surface area contributed by atoms with Crippen LogP contribution in [0.15, 0.2) is 46.9 Å². The Hall–Kier alpha value is -1.52. The highest BCUT2D eigenvalue weighted by Crippen LogP contribution is 2.32. The molecule has 0 bridgehead atoms. The summed E-state index contributed by atoms with van der Waals surface area (Å²) in [6, 6.07) is 12.1. The molecule has 0 unspecified atom stereocenters. The van der Waals surface area contributed by atoms with Gasteiger partial charge in [0.2, 0.25) is 0 Å². The van der Waals surface area contributed by atoms with Gasteiger partial charge >= 0.3 is 5.97 Å². The number of hydrogen-bond donors (Lipinski definition) is 2. The minimum absolute atomic E-state index is 0.202. The number of aromatic carboxylic acids is 1. The van der Waals surface area contributed by atoms with E-state index < -0.39 is 5.97 Å². The molecule has 0 spiro atoms. The molecule has 0 amide bonds. The van der Waals surface area contributed by atoms with E-state index in [9.17, 15) is 4.79 Å². The Morgan fingerprint density at radius 3 is 2.50 bits per heavy atom. The van der Waals surface area contributed by atoms with Crippen LogP contribution in [0.1, 0.15) is 10.4 Å². The third kappa shape index (κ3) is 2.66. The van der Waals surface area contributed by atoms with Crippen LogP contribution in [-0.2, 0) is 0 Å². The van der Waals surface area contributed by atoms with Crippen molar-refractivity contribution in [1.82, 2.24) is 0 Å². The smallest absolute Gasteiger partial charge is 0.337 e. The first kappa shape index (κ1) is 12.9. The van der Waals surface area contributed by atoms with Gasteiger partial charge in [-0.25, -0.2) is 4.79 Å². The summed E-state index contributed by atoms with van der Waals surface area (Å²) in [7, 11) is 0. The van der Waals surface area contributed by atoms with Crippen molar-refractivity contribution >= 4 is 44.9 Å². The van der Waals surface area contributed by atoms with Crippen LogP contribution in [0.25, 0.3) is 0 Å². The molecule has 5 heteroatoms. The van der Waals surface area contributed by atoms with Gasteiger partial charge < -0.3 is 10.4 Å². The van der Waals surface area contributed by atoms with Gasteiger partial charge in [0.25, 0.3) is 0 Å². The van der Waals surface area contributed by atoms with Gasteiger partial charge in [-0.05, 0) is 40.2 Å². The summed E-state index contributed by atoms with van der Waals surface area (Å²) in [5, 5.41) is 12.6. The minimum atomic E-state index is -0.982. The summed E-state index contributed by atoms with van der Waals surface area (Å²) in [5.41, 5.74) is 1.36. The van der Waals surface area contributed by atoms with Crippen molar-refractivity contribution in [3.63, 3.8) is 0 Å². The van der Waals surface area contributed by atoms with E-state index in [4.69, 9.17) is 16.7 Å². The lowest BCUT2D eigenvalue weighted by Crippen LogP contribution is -2.02. The van der Waals surface area contributed by atoms with E-state index in [0.29, 0.717) is 16.4 Å². The number of carbonyl (C=O) groups is 1. The number of para-hydroxylation sites is 1. The highest BCUT2D eigenvalue weighted by Gasteiger charge is 2.11. The fourth-order valence-corrected chi connectivity index (χ4v) is 2.06. The predicted octanol–water partition coefficient (Wildman–Crippen LogP) is 4.54. The number of anilines is 2. The van der Waals surface area contributed by atoms with Crippen LogP contribution < -0.4 is 5.32 Å². The second kappa shape index (κ2) is 5.42. The first-order valence-electron chi connectivity index (χ1n) is 5.13. The number of carboxylic acids is 1. The summed E-state index contributed by atoms with van der Waals surface area (Å²) in [5.74, 6) is -0.982. The molecule has 0 aliphatic carbocycles. The first-order valence-corrected chi connectivity index (χ1v) is 6.30. The van der Waals surface area contributed by atoms with Crippen molar-refractivity contribution in [2.24, 2.45) is 0 Å². The first-order chi connectivity index (χ1) is 8.59. The lowest BCUT2D eigenvalue weighted by atomic mass is 10.1. The predicted molar refractivity (Wildman–Crippen MR) is 75.8 cm³/mol. The molecule has 2 aromatic carbocycles. The summed E-state index contributed by atoms with van der Waals surface area (Å²) < 4.78 is 0.752. The number of rotatable bonds is 3. The van der Waals surface area contributed by atoms with Crippen LogP contribution in [0.4, 0.5) is 11.4 Å². The Morgan fingerprint density at radius 2 is 1.78 bits per heavy atom. The molecule has 92 valence electrons. The molecule has 0 saturated carbocycles. The van der Waals surface area contributed by atoms with E-state index >= 15 is 0 Å². The highest BCUT2D eigenvalue weighted by atomic mass is 79.9. The van der Waals surface area contributed by atoms with Crippen LogP contribution in [-0.4, -0.2) is 11.1 Å². The number of benzene rings is 2. The molecular weight excluding hydrogens is 318 g/mol. The molecule has 0 aliphatic heterocycles. The number of carboxylic acid groups (broad SMARTS) is 1. The van der Waals surface area contributed by atoms with E-state index in [1.807, 2.05) is 12.1 Å². The second-order valence-electron chi connectivity index (χ2n) is 3.58. The third-order valence-electron chi connectivity index (χ3n) is 2.38. The van der Waals surface area contributed by atoms with Gasteiger partial charge in [-0.1, -0.05) is 29.8 Å². The topological polar surface area (TPSA) is 49.3 Å². The van der Waals surface area contributed by atoms with E-state index in [-0.39, 0.29) is 5.56 Å². The van der Waals surface area contributed by atoms with Crippen molar-refractivity contribution < 1.29 is 9.90 Å². The molecule has 2 aromatic rings. The zero-order valence-electron chi connectivity index (χ0n) is 9.15. The molecule has 0 atom stereocenters. The minimum Gasteiger partial charge on any atom is -0.478 e. The van der Waals surface area contributed by atoms with E-state index in [1.165, 1.54) is 6.07 Å². The second-order valence-corrected chi connectivity index (χ2v) is 4.81. The van der Waals surface area contributed by atoms with E-state index in [1.54, 1.807) is 24.3 Å². The van der Waals surface area contributed by atoms with Crippen molar-refractivity contribution in [3.05, 3.63) is 57.5 Å². The van der Waals surface area contributed by atoms with Gasteiger partial charge in [0.05, 0.1) is 22.0 Å². The third-order valence-corrected chi connectivity index (χ3v) is 3.67. The molecule has 0 radical (unpaired) electrons. The van der Waals surface area contributed by atoms with Crippen molar-refractivity contribution in [1.29, 1.82) is 0 Å². The van der Waals surface area contributed by atoms with Crippen LogP contribution in [0.3, 0.4) is 0 Å². The van der Waals surface area contributed by atoms with Gasteiger partial charge in [0.1, 0.15) is 0 Å². The average Bonchev–Trinajstić information content (AvgIpc) is 2.35. The van der Waals surface area contributed by atoms with E-state index in [0.717, 1.165) is 4.47 Å². The monoisotopic (exact) mass is 325 g/mol. The summed E-state index contributed by atoms with van der Waals surface area (Å²) in [6.07, 6.45) is 0. The molecule has 0 saturated heterocycles. The molecule has 0 heterocycles. The van der Waals surface area contributed by atoms with Gasteiger partial charge in [-0.15, -0.1) is 0 Å². The lowest BCUT2D eigenvalue weighted by Gasteiger charge is -2.11. The van der Waals surface area contributed by atoms with Crippen molar-refractivity contribution in [2.75, 3.05) is 5.32 Å². The molecule has 18 heavy (non-hydrogen) atoms. The number of hydrogen-bond acceptors (Lipinski definition) is 2. The largest absolute Gasteiger partial charge is 0.478 e. The molecule has 0 aliphatic rings. The maximum Gasteiger partial charge on any atom is 0.337 e. The van der Waals surface area contributed by atoms with Crippen LogP contribution in [0.2, 0.25) is 5.02 Å². The zero-order chi connectivity index (χ0) is 13.1. The average molecular weight is 327 g/mol. The standard InChI is InChI=1S/C13H9BrClNO2/c14-9-5-3-7-11(12(9)15)16-10-6-2-1-4-8(10)13(17)18/h1-7,16H,(H,17,18). The SMILES string of the molecule is O=C(O)c1ccccc1Nc1cccc(Br)c1Cl. The Bertz CT molecular complexity index is 601. The zero-order valence-corrected chi connectivity index (χ0v) is 11.5. The molecule has 2 rings (SSSR count). The summed E-state index contributed by atoms with van der Waals surface area (Å²) >= 11 is 9.44. The maximum absolute atomic E-state index is 11.1. The Kier molecular flexibility index (Phi) is 3.89. The van der Waals surface area contributed by atoms with Crippen LogP contribution in [0.5, 0.6) is 0 Å². The molecule has 2 N–H and O–H groups in total. The fourth-order valence-electron chi connectivity index (χ4n) is 1.52. The Labute approximate surface area is 118 Å². The van der Waals surface area contributed by atoms with Gasteiger partial charge in [-0.2, -0.15) is 0 Å². The fraction of sp³-hybridized carbons (Fsp3) is 0. The molecular formula is C13H9BrClNO2. The summed E-state index contributed by atoms with van der Waals surface area (Å²) in [6.45, 7) is 0. The lowest BCUT2D eigenvalue weighted by molar-refractivity contribution is 0.0698. The van der Waals surface area contributed by atoms with E-state index in [2.05, 4.69) is 21.2 Å². The van der Waals surface area contributed by atoms with Crippen LogP contribution in [0, 0.1) is 0 Å². The highest BCUT2D eigenvalue weighted by molar-refractivity contribution is 9.10. The quantitative estimate of drug-likeness (QED) is 0.870. The van der Waals surface area contributed by atoms with Crippen LogP contribution >= 0.6 is 27.5 Å². The Balaban J connectivity index is 2.40. The van der Waals surface area contributed by atoms with Crippen molar-refractivity contribution in [2.45, 2.75) is 0 Å². The normalized spacial score (nSPS) is 10.1. The van der Waals surface area contributed by atoms with Gasteiger partial charge in [0.15, 0.2) is 0 Å². The number of nitrogens with one attached hydrogen (secondary N) is 1. The molecule has 0 aromatic heterocycles. The van der Waals surface area contributed by atoms with Gasteiger partial charge in [-0.3, -0.25) is 0 Å². The van der Waals surface area contributed by atoms with Crippen molar-refractivity contribution in [3.8, 4) is 0 Å². The Morgan fingerprint density at radius 1 is 1.11 bits per heavy atom. The summed E-state index contributed by atoms with van der Waals surface area (Å²) in [4.78, 5) is 11.1. The molecule has 0 fully saturated rings. The maximum atomic E-state index is 11.1.